The molecule has 21 heavy (non-hydrogen) atoms. The Kier molecular flexibility index (Phi) is 5.24. The molecule has 0 heterocycles. The van der Waals surface area contributed by atoms with Gasteiger partial charge in [-0.1, -0.05) is 17.7 Å². The molecule has 0 radical (unpaired) electrons. The van der Waals surface area contributed by atoms with Gasteiger partial charge in [-0.3, -0.25) is 0 Å². The first-order valence-electron chi connectivity index (χ1n) is 6.12. The number of aliphatic hydroxyl groups excluding tert-OH is 3. The van der Waals surface area contributed by atoms with Gasteiger partial charge in [-0.25, -0.2) is 8.42 Å². The lowest BCUT2D eigenvalue weighted by molar-refractivity contribution is -0.143. The van der Waals surface area contributed by atoms with Crippen LogP contribution in [0, 0.1) is 6.92 Å². The van der Waals surface area contributed by atoms with Gasteiger partial charge in [0.05, 0.1) is 11.0 Å². The summed E-state index contributed by atoms with van der Waals surface area (Å²) in [5, 5.41) is 39.0. The molecule has 1 aromatic carbocycles. The lowest BCUT2D eigenvalue weighted by atomic mass is 10.0. The first kappa shape index (κ1) is 17.7. The Labute approximate surface area is 122 Å². The van der Waals surface area contributed by atoms with Crippen LogP contribution in [0.1, 0.15) is 12.5 Å². The highest BCUT2D eigenvalue weighted by Crippen LogP contribution is 2.31. The second kappa shape index (κ2) is 6.20. The molecule has 0 aliphatic carbocycles. The van der Waals surface area contributed by atoms with E-state index < -0.39 is 38.0 Å². The molecule has 1 aromatic rings. The second-order valence-corrected chi connectivity index (χ2v) is 6.97. The number of rotatable bonds is 6. The summed E-state index contributed by atoms with van der Waals surface area (Å²) in [7, 11) is -4.71. The summed E-state index contributed by atoms with van der Waals surface area (Å²) < 4.78 is 24.9. The number of sulfone groups is 1. The predicted octanol–water partition coefficient (Wildman–Crippen LogP) is -1.24. The minimum atomic E-state index is -4.71. The van der Waals surface area contributed by atoms with E-state index in [4.69, 9.17) is 0 Å². The topological polar surface area (TPSA) is 132 Å². The molecule has 8 heteroatoms. The molecular formula is C13H18O7S. The molecule has 1 rings (SSSR count). The molecular weight excluding hydrogens is 300 g/mol. The largest absolute Gasteiger partial charge is 0.391 e. The Balaban J connectivity index is 3.51. The maximum Gasteiger partial charge on any atom is 0.232 e. The van der Waals surface area contributed by atoms with Crippen LogP contribution in [0.15, 0.2) is 29.2 Å². The first-order chi connectivity index (χ1) is 9.58. The zero-order valence-corrected chi connectivity index (χ0v) is 12.4. The van der Waals surface area contributed by atoms with Crippen LogP contribution in [-0.2, 0) is 14.6 Å². The standard InChI is InChI=1S/C13H18O7S/c1-8-3-5-10(6-4-8)21(19,20)13(18,11(16)7-14)12(17)9(2)15/h3-7,9,11-12,15-18H,1-2H3/t9-,11-,12-,13+/m0/s1. The van der Waals surface area contributed by atoms with Gasteiger partial charge in [0, 0.05) is 0 Å². The van der Waals surface area contributed by atoms with E-state index in [1.165, 1.54) is 24.3 Å². The molecule has 4 N–H and O–H groups in total. The third-order valence-corrected chi connectivity index (χ3v) is 5.43. The minimum Gasteiger partial charge on any atom is -0.391 e. The van der Waals surface area contributed by atoms with Crippen molar-refractivity contribution in [3.05, 3.63) is 29.8 Å². The van der Waals surface area contributed by atoms with E-state index in [0.29, 0.717) is 0 Å². The smallest absolute Gasteiger partial charge is 0.232 e. The molecule has 0 amide bonds. The Morgan fingerprint density at radius 3 is 2.00 bits per heavy atom. The van der Waals surface area contributed by atoms with E-state index in [0.717, 1.165) is 12.5 Å². The number of carbonyl (C=O) groups is 1. The van der Waals surface area contributed by atoms with Gasteiger partial charge in [0.2, 0.25) is 14.8 Å². The van der Waals surface area contributed by atoms with E-state index in [-0.39, 0.29) is 6.29 Å². The second-order valence-electron chi connectivity index (χ2n) is 4.83. The van der Waals surface area contributed by atoms with Gasteiger partial charge in [0.15, 0.2) is 12.4 Å². The third-order valence-electron chi connectivity index (χ3n) is 3.20. The lowest BCUT2D eigenvalue weighted by Crippen LogP contribution is -2.61. The Bertz CT molecular complexity index is 593. The van der Waals surface area contributed by atoms with Gasteiger partial charge < -0.3 is 25.2 Å². The minimum absolute atomic E-state index is 0.211. The van der Waals surface area contributed by atoms with Gasteiger partial charge in [-0.2, -0.15) is 0 Å². The van der Waals surface area contributed by atoms with E-state index in [1.807, 2.05) is 0 Å². The van der Waals surface area contributed by atoms with Crippen molar-refractivity contribution in [1.29, 1.82) is 0 Å². The van der Waals surface area contributed by atoms with Crippen molar-refractivity contribution >= 4 is 16.1 Å². The molecule has 7 nitrogen and oxygen atoms in total. The number of aryl methyl sites for hydroxylation is 1. The van der Waals surface area contributed by atoms with Gasteiger partial charge >= 0.3 is 0 Å². The third kappa shape index (κ3) is 2.99. The lowest BCUT2D eigenvalue weighted by Gasteiger charge is -2.35. The summed E-state index contributed by atoms with van der Waals surface area (Å²) in [5.74, 6) is 0. The summed E-state index contributed by atoms with van der Waals surface area (Å²) in [6, 6.07) is 5.24. The molecule has 0 aliphatic heterocycles. The maximum absolute atomic E-state index is 12.5. The molecule has 0 unspecified atom stereocenters. The van der Waals surface area contributed by atoms with Crippen molar-refractivity contribution in [1.82, 2.24) is 0 Å². The maximum atomic E-state index is 12.5. The molecule has 0 saturated carbocycles. The van der Waals surface area contributed by atoms with Crippen molar-refractivity contribution < 1.29 is 33.6 Å². The van der Waals surface area contributed by atoms with Crippen LogP contribution in [0.2, 0.25) is 0 Å². The SMILES string of the molecule is Cc1ccc(S(=O)(=O)[C@](O)([C@@H](O)C=O)[C@@H](O)[C@H](C)O)cc1. The number of carbonyl (C=O) groups excluding carboxylic acids is 1. The van der Waals surface area contributed by atoms with E-state index >= 15 is 0 Å². The summed E-state index contributed by atoms with van der Waals surface area (Å²) in [6.07, 6.45) is -6.60. The van der Waals surface area contributed by atoms with E-state index in [9.17, 15) is 33.6 Å². The monoisotopic (exact) mass is 318 g/mol. The number of benzene rings is 1. The van der Waals surface area contributed by atoms with Crippen molar-refractivity contribution in [2.24, 2.45) is 0 Å². The average molecular weight is 318 g/mol. The highest BCUT2D eigenvalue weighted by Gasteiger charge is 2.56. The van der Waals surface area contributed by atoms with Gasteiger partial charge in [0.25, 0.3) is 0 Å². The normalized spacial score (nSPS) is 19.3. The fraction of sp³-hybridized carbons (Fsp3) is 0.462. The fourth-order valence-corrected chi connectivity index (χ4v) is 3.60. The van der Waals surface area contributed by atoms with Crippen molar-refractivity contribution in [3.8, 4) is 0 Å². The van der Waals surface area contributed by atoms with Gasteiger partial charge in [-0.05, 0) is 26.0 Å². The van der Waals surface area contributed by atoms with E-state index in [2.05, 4.69) is 0 Å². The summed E-state index contributed by atoms with van der Waals surface area (Å²) in [6.45, 7) is 2.74. The van der Waals surface area contributed by atoms with Crippen LogP contribution in [-0.4, -0.2) is 58.4 Å². The first-order valence-corrected chi connectivity index (χ1v) is 7.60. The predicted molar refractivity (Wildman–Crippen MR) is 73.1 cm³/mol. The van der Waals surface area contributed by atoms with Crippen LogP contribution in [0.5, 0.6) is 0 Å². The molecule has 118 valence electrons. The van der Waals surface area contributed by atoms with Gasteiger partial charge in [0.1, 0.15) is 6.10 Å². The number of hydrogen-bond acceptors (Lipinski definition) is 7. The zero-order chi connectivity index (χ0) is 16.4. The number of aldehydes is 1. The quantitative estimate of drug-likeness (QED) is 0.482. The van der Waals surface area contributed by atoms with Crippen molar-refractivity contribution in [2.75, 3.05) is 0 Å². The van der Waals surface area contributed by atoms with Crippen molar-refractivity contribution in [2.45, 2.75) is 42.0 Å². The van der Waals surface area contributed by atoms with Crippen LogP contribution >= 0.6 is 0 Å². The van der Waals surface area contributed by atoms with Gasteiger partial charge in [-0.15, -0.1) is 0 Å². The van der Waals surface area contributed by atoms with Crippen molar-refractivity contribution in [3.63, 3.8) is 0 Å². The highest BCUT2D eigenvalue weighted by atomic mass is 32.2. The van der Waals surface area contributed by atoms with Crippen LogP contribution < -0.4 is 0 Å². The zero-order valence-electron chi connectivity index (χ0n) is 11.5. The fourth-order valence-electron chi connectivity index (χ4n) is 1.84. The Morgan fingerprint density at radius 1 is 1.14 bits per heavy atom. The highest BCUT2D eigenvalue weighted by molar-refractivity contribution is 7.92. The molecule has 0 aliphatic rings. The number of aliphatic hydroxyl groups is 4. The van der Waals surface area contributed by atoms with E-state index in [1.54, 1.807) is 6.92 Å². The molecule has 0 aromatic heterocycles. The summed E-state index contributed by atoms with van der Waals surface area (Å²) in [5.41, 5.74) is 0.754. The van der Waals surface area contributed by atoms with Crippen LogP contribution in [0.25, 0.3) is 0 Å². The van der Waals surface area contributed by atoms with Crippen LogP contribution in [0.4, 0.5) is 0 Å². The summed E-state index contributed by atoms with van der Waals surface area (Å²) >= 11 is 0. The number of hydrogen-bond donors (Lipinski definition) is 4. The Morgan fingerprint density at radius 2 is 1.62 bits per heavy atom. The Hall–Kier alpha value is -1.32. The molecule has 0 fully saturated rings. The average Bonchev–Trinajstić information content (AvgIpc) is 2.44. The summed E-state index contributed by atoms with van der Waals surface area (Å²) in [4.78, 5) is 7.10. The molecule has 0 spiro atoms. The molecule has 0 saturated heterocycles. The van der Waals surface area contributed by atoms with Crippen LogP contribution in [0.3, 0.4) is 0 Å². The molecule has 0 bridgehead atoms. The molecule has 4 atom stereocenters.